The fourth-order valence-corrected chi connectivity index (χ4v) is 2.46. The normalized spacial score (nSPS) is 13.5. The Morgan fingerprint density at radius 1 is 1.10 bits per heavy atom. The Labute approximate surface area is 125 Å². The molecule has 1 atom stereocenters. The maximum Gasteiger partial charge on any atom is 0.130 e. The van der Waals surface area contributed by atoms with E-state index in [1.165, 1.54) is 6.07 Å². The van der Waals surface area contributed by atoms with Crippen LogP contribution in [0.25, 0.3) is 0 Å². The Morgan fingerprint density at radius 2 is 1.71 bits per heavy atom. The third kappa shape index (κ3) is 3.30. The molecule has 2 nitrogen and oxygen atoms in total. The van der Waals surface area contributed by atoms with Crippen molar-refractivity contribution in [2.45, 2.75) is 18.8 Å². The number of nitrogens with zero attached hydrogens (tertiary/aromatic N) is 1. The Hall–Kier alpha value is -2.16. The maximum absolute atomic E-state index is 14.0. The molecule has 2 aromatic carbocycles. The lowest BCUT2D eigenvalue weighted by Crippen LogP contribution is -2.28. The van der Waals surface area contributed by atoms with E-state index in [-0.39, 0.29) is 5.82 Å². The zero-order chi connectivity index (χ0) is 15.5. The predicted octanol–water partition coefficient (Wildman–Crippen LogP) is 3.59. The van der Waals surface area contributed by atoms with Gasteiger partial charge in [-0.1, -0.05) is 30.3 Å². The van der Waals surface area contributed by atoms with E-state index in [0.717, 1.165) is 17.5 Å². The van der Waals surface area contributed by atoms with E-state index in [4.69, 9.17) is 0 Å². The molecule has 0 N–H and O–H groups in total. The van der Waals surface area contributed by atoms with Crippen molar-refractivity contribution in [3.8, 4) is 0 Å². The highest BCUT2D eigenvalue weighted by Crippen LogP contribution is 2.29. The zero-order valence-corrected chi connectivity index (χ0v) is 12.6. The minimum absolute atomic E-state index is 0.336. The third-order valence-electron chi connectivity index (χ3n) is 3.77. The average Bonchev–Trinajstić information content (AvgIpc) is 2.48. The van der Waals surface area contributed by atoms with Crippen molar-refractivity contribution >= 4 is 12.0 Å². The topological polar surface area (TPSA) is 20.3 Å². The third-order valence-corrected chi connectivity index (χ3v) is 3.77. The van der Waals surface area contributed by atoms with E-state index in [1.54, 1.807) is 25.1 Å². The van der Waals surface area contributed by atoms with Crippen LogP contribution in [0.1, 0.15) is 18.1 Å². The van der Waals surface area contributed by atoms with Gasteiger partial charge in [-0.05, 0) is 37.1 Å². The summed E-state index contributed by atoms with van der Waals surface area (Å²) < 4.78 is 14.0. The largest absolute Gasteiger partial charge is 0.378 e. The fourth-order valence-electron chi connectivity index (χ4n) is 2.46. The van der Waals surface area contributed by atoms with Crippen molar-refractivity contribution in [1.29, 1.82) is 0 Å². The van der Waals surface area contributed by atoms with Gasteiger partial charge in [-0.15, -0.1) is 0 Å². The van der Waals surface area contributed by atoms with E-state index in [1.807, 2.05) is 43.3 Å². The molecule has 0 radical (unpaired) electrons. The predicted molar refractivity (Wildman–Crippen MR) is 84.3 cm³/mol. The van der Waals surface area contributed by atoms with Crippen LogP contribution in [0.5, 0.6) is 0 Å². The van der Waals surface area contributed by atoms with Gasteiger partial charge >= 0.3 is 0 Å². The summed E-state index contributed by atoms with van der Waals surface area (Å²) in [6.45, 7) is 1.78. The first-order valence-corrected chi connectivity index (χ1v) is 6.94. The van der Waals surface area contributed by atoms with Gasteiger partial charge in [-0.2, -0.15) is 0 Å². The molecule has 2 rings (SSSR count). The molecule has 0 aliphatic carbocycles. The molecule has 1 unspecified atom stereocenters. The second-order valence-electron chi connectivity index (χ2n) is 5.75. The summed E-state index contributed by atoms with van der Waals surface area (Å²) >= 11 is 0. The first-order valence-electron chi connectivity index (χ1n) is 6.94. The molecule has 0 spiro atoms. The quantitative estimate of drug-likeness (QED) is 0.782. The molecule has 0 aromatic heterocycles. The van der Waals surface area contributed by atoms with Crippen molar-refractivity contribution in [2.75, 3.05) is 19.0 Å². The lowest BCUT2D eigenvalue weighted by molar-refractivity contribution is -0.112. The number of hydrogen-bond acceptors (Lipinski definition) is 2. The molecule has 0 saturated heterocycles. The zero-order valence-electron chi connectivity index (χ0n) is 12.6. The average molecular weight is 285 g/mol. The molecule has 0 saturated carbocycles. The van der Waals surface area contributed by atoms with Crippen LogP contribution in [-0.4, -0.2) is 20.4 Å². The van der Waals surface area contributed by atoms with Gasteiger partial charge in [-0.25, -0.2) is 4.39 Å². The Kier molecular flexibility index (Phi) is 4.41. The Bertz CT molecular complexity index is 621. The van der Waals surface area contributed by atoms with Gasteiger partial charge in [-0.3, -0.25) is 0 Å². The summed E-state index contributed by atoms with van der Waals surface area (Å²) in [4.78, 5) is 13.6. The number of aldehydes is 1. The molecule has 110 valence electrons. The summed E-state index contributed by atoms with van der Waals surface area (Å²) in [6, 6.07) is 14.4. The Balaban J connectivity index is 2.30. The number of halogens is 1. The number of hydrogen-bond donors (Lipinski definition) is 0. The summed E-state index contributed by atoms with van der Waals surface area (Å²) in [7, 11) is 3.95. The van der Waals surface area contributed by atoms with Gasteiger partial charge in [0.1, 0.15) is 12.1 Å². The van der Waals surface area contributed by atoms with Gasteiger partial charge < -0.3 is 9.69 Å². The first-order chi connectivity index (χ1) is 9.96. The minimum atomic E-state index is -0.856. The second kappa shape index (κ2) is 6.08. The van der Waals surface area contributed by atoms with Gasteiger partial charge in [0.05, 0.1) is 5.41 Å². The highest BCUT2D eigenvalue weighted by Gasteiger charge is 2.29. The van der Waals surface area contributed by atoms with Crippen LogP contribution < -0.4 is 4.90 Å². The maximum atomic E-state index is 14.0. The molecule has 0 aliphatic rings. The molecule has 2 aromatic rings. The van der Waals surface area contributed by atoms with Crippen LogP contribution in [0, 0.1) is 5.82 Å². The second-order valence-corrected chi connectivity index (χ2v) is 5.75. The van der Waals surface area contributed by atoms with Crippen molar-refractivity contribution < 1.29 is 9.18 Å². The van der Waals surface area contributed by atoms with E-state index in [0.29, 0.717) is 12.0 Å². The molecule has 0 fully saturated rings. The van der Waals surface area contributed by atoms with Gasteiger partial charge in [0.2, 0.25) is 0 Å². The molecule has 0 amide bonds. The van der Waals surface area contributed by atoms with Crippen LogP contribution in [0.2, 0.25) is 0 Å². The van der Waals surface area contributed by atoms with Crippen LogP contribution in [0.4, 0.5) is 10.1 Å². The standard InChI is InChI=1S/C18H20FNO/c1-18(13-21,16-6-4-5-7-17(16)19)12-14-8-10-15(11-9-14)20(2)3/h4-11,13H,12H2,1-3H3. The van der Waals surface area contributed by atoms with Gasteiger partial charge in [0, 0.05) is 25.3 Å². The monoisotopic (exact) mass is 285 g/mol. The highest BCUT2D eigenvalue weighted by atomic mass is 19.1. The SMILES string of the molecule is CN(C)c1ccc(CC(C)(C=O)c2ccccc2F)cc1. The van der Waals surface area contributed by atoms with E-state index in [9.17, 15) is 9.18 Å². The first kappa shape index (κ1) is 15.2. The lowest BCUT2D eigenvalue weighted by atomic mass is 9.78. The van der Waals surface area contributed by atoms with E-state index >= 15 is 0 Å². The highest BCUT2D eigenvalue weighted by molar-refractivity contribution is 5.69. The molecule has 0 heterocycles. The molecule has 0 aliphatic heterocycles. The number of carbonyl (C=O) groups excluding carboxylic acids is 1. The summed E-state index contributed by atoms with van der Waals surface area (Å²) in [5, 5.41) is 0. The van der Waals surface area contributed by atoms with Crippen LogP contribution in [0.15, 0.2) is 48.5 Å². The van der Waals surface area contributed by atoms with Crippen molar-refractivity contribution in [2.24, 2.45) is 0 Å². The number of benzene rings is 2. The number of rotatable bonds is 5. The summed E-state index contributed by atoms with van der Waals surface area (Å²) in [5.41, 5.74) is 1.69. The number of anilines is 1. The summed E-state index contributed by atoms with van der Waals surface area (Å²) in [6.07, 6.45) is 1.32. The number of carbonyl (C=O) groups is 1. The molecule has 3 heteroatoms. The van der Waals surface area contributed by atoms with Crippen LogP contribution in [-0.2, 0) is 16.6 Å². The van der Waals surface area contributed by atoms with Crippen LogP contribution in [0.3, 0.4) is 0 Å². The molecule has 0 bridgehead atoms. The van der Waals surface area contributed by atoms with Crippen LogP contribution >= 0.6 is 0 Å². The van der Waals surface area contributed by atoms with Crippen molar-refractivity contribution in [3.05, 3.63) is 65.5 Å². The Morgan fingerprint density at radius 3 is 2.24 bits per heavy atom. The van der Waals surface area contributed by atoms with Gasteiger partial charge in [0.15, 0.2) is 0 Å². The lowest BCUT2D eigenvalue weighted by Gasteiger charge is -2.24. The van der Waals surface area contributed by atoms with Crippen molar-refractivity contribution in [3.63, 3.8) is 0 Å². The minimum Gasteiger partial charge on any atom is -0.378 e. The van der Waals surface area contributed by atoms with E-state index in [2.05, 4.69) is 0 Å². The molecule has 21 heavy (non-hydrogen) atoms. The molecular weight excluding hydrogens is 265 g/mol. The molecular formula is C18H20FNO. The smallest absolute Gasteiger partial charge is 0.130 e. The van der Waals surface area contributed by atoms with E-state index < -0.39 is 5.41 Å². The summed E-state index contributed by atoms with van der Waals surface area (Å²) in [5.74, 6) is -0.336. The van der Waals surface area contributed by atoms with Gasteiger partial charge in [0.25, 0.3) is 0 Å². The fraction of sp³-hybridized carbons (Fsp3) is 0.278. The van der Waals surface area contributed by atoms with Crippen molar-refractivity contribution in [1.82, 2.24) is 0 Å².